The fourth-order valence-electron chi connectivity index (χ4n) is 5.86. The molecule has 2 unspecified atom stereocenters. The summed E-state index contributed by atoms with van der Waals surface area (Å²) in [5.74, 6) is -2.58. The van der Waals surface area contributed by atoms with Crippen molar-refractivity contribution < 1.29 is 26.8 Å². The van der Waals surface area contributed by atoms with Gasteiger partial charge in [0.15, 0.2) is 5.03 Å². The van der Waals surface area contributed by atoms with E-state index in [1.807, 2.05) is 24.3 Å². The zero-order chi connectivity index (χ0) is 36.3. The van der Waals surface area contributed by atoms with Crippen LogP contribution in [-0.4, -0.2) is 42.9 Å². The Morgan fingerprint density at radius 3 is 1.98 bits per heavy atom. The maximum absolute atomic E-state index is 13.7. The fraction of sp³-hybridized carbons (Fsp3) is 0.216. The highest BCUT2D eigenvalue weighted by Crippen LogP contribution is 2.34. The molecule has 3 heterocycles. The smallest absolute Gasteiger partial charge is 0.283 e. The Bertz CT molecular complexity index is 2220. The Kier molecular flexibility index (Phi) is 11.9. The number of carbonyl (C=O) groups is 2. The number of anilines is 4. The van der Waals surface area contributed by atoms with Gasteiger partial charge in [-0.2, -0.15) is 8.42 Å². The van der Waals surface area contributed by atoms with E-state index in [1.54, 1.807) is 41.9 Å². The van der Waals surface area contributed by atoms with Gasteiger partial charge in [0.25, 0.3) is 10.0 Å². The minimum Gasteiger partial charge on any atom is -0.384 e. The van der Waals surface area contributed by atoms with E-state index in [1.165, 1.54) is 41.1 Å². The van der Waals surface area contributed by atoms with Crippen LogP contribution < -0.4 is 20.3 Å². The van der Waals surface area contributed by atoms with Crippen LogP contribution in [0.4, 0.5) is 31.5 Å². The van der Waals surface area contributed by atoms with Crippen LogP contribution in [-0.2, 0) is 39.5 Å². The molecule has 0 saturated carbocycles. The summed E-state index contributed by atoms with van der Waals surface area (Å²) in [5.41, 5.74) is 4.10. The first-order chi connectivity index (χ1) is 24.4. The standard InChI is InChI=1S/C20H18ClFN4O3S.C16H14ClFN2O.CH4/c1-25-11-19(23-12-25)30(28,29)26-10-14(8-13-4-2-3-5-18(13)26)20(27)24-15-6-7-16(21)17(22)9-15;17-13-6-5-12(8-14(13)18)20-16(21)11-7-10-3-1-2-4-15(10)19-9-11;/h2-7,9,11-12,14H,8,10H2,1H3,(H,24,27);1-6,8,11,19H,7,9H2,(H,20,21);1H4. The van der Waals surface area contributed by atoms with Crippen molar-refractivity contribution in [2.24, 2.45) is 18.9 Å². The molecule has 15 heteroatoms. The van der Waals surface area contributed by atoms with Crippen molar-refractivity contribution in [3.63, 3.8) is 0 Å². The average molecular weight is 770 g/mol. The molecule has 0 bridgehead atoms. The molecular weight excluding hydrogens is 733 g/mol. The predicted molar refractivity (Wildman–Crippen MR) is 200 cm³/mol. The molecule has 4 aromatic carbocycles. The van der Waals surface area contributed by atoms with E-state index in [2.05, 4.69) is 20.9 Å². The number of aromatic nitrogens is 2. The summed E-state index contributed by atoms with van der Waals surface area (Å²) in [6.45, 7) is 0.511. The van der Waals surface area contributed by atoms with Crippen molar-refractivity contribution in [2.45, 2.75) is 25.3 Å². The zero-order valence-corrected chi connectivity index (χ0v) is 29.4. The monoisotopic (exact) mass is 768 g/mol. The lowest BCUT2D eigenvalue weighted by Gasteiger charge is -2.34. The lowest BCUT2D eigenvalue weighted by atomic mass is 9.93. The van der Waals surface area contributed by atoms with Gasteiger partial charge in [0.05, 0.1) is 33.9 Å². The second-order valence-corrected chi connectivity index (χ2v) is 14.7. The third-order valence-electron chi connectivity index (χ3n) is 8.49. The lowest BCUT2D eigenvalue weighted by molar-refractivity contribution is -0.120. The molecule has 52 heavy (non-hydrogen) atoms. The fourth-order valence-corrected chi connectivity index (χ4v) is 7.61. The minimum atomic E-state index is -3.96. The van der Waals surface area contributed by atoms with Gasteiger partial charge < -0.3 is 20.5 Å². The van der Waals surface area contributed by atoms with Gasteiger partial charge in [0.2, 0.25) is 11.8 Å². The zero-order valence-electron chi connectivity index (χ0n) is 27.1. The quantitative estimate of drug-likeness (QED) is 0.164. The Hall–Kier alpha value is -4.98. The Morgan fingerprint density at radius 1 is 0.827 bits per heavy atom. The number of benzene rings is 4. The van der Waals surface area contributed by atoms with Crippen LogP contribution in [0.1, 0.15) is 18.6 Å². The number of hydrogen-bond donors (Lipinski definition) is 3. The Morgan fingerprint density at radius 2 is 1.38 bits per heavy atom. The van der Waals surface area contributed by atoms with Crippen LogP contribution in [0.3, 0.4) is 0 Å². The second kappa shape index (κ2) is 16.1. The largest absolute Gasteiger partial charge is 0.384 e. The van der Waals surface area contributed by atoms with Gasteiger partial charge in [0, 0.05) is 43.4 Å². The van der Waals surface area contributed by atoms with E-state index in [0.29, 0.717) is 30.8 Å². The number of aryl methyl sites for hydroxylation is 1. The van der Waals surface area contributed by atoms with Crippen LogP contribution in [0.2, 0.25) is 10.0 Å². The van der Waals surface area contributed by atoms with Gasteiger partial charge in [-0.1, -0.05) is 67.0 Å². The molecule has 272 valence electrons. The molecule has 2 aliphatic rings. The summed E-state index contributed by atoms with van der Waals surface area (Å²) in [5, 5.41) is 8.52. The summed E-state index contributed by atoms with van der Waals surface area (Å²) < 4.78 is 56.3. The topological polar surface area (TPSA) is 125 Å². The van der Waals surface area contributed by atoms with Gasteiger partial charge >= 0.3 is 0 Å². The van der Waals surface area contributed by atoms with Crippen LogP contribution in [0, 0.1) is 23.5 Å². The van der Waals surface area contributed by atoms with Crippen molar-refractivity contribution in [1.29, 1.82) is 0 Å². The van der Waals surface area contributed by atoms with Crippen LogP contribution in [0.5, 0.6) is 0 Å². The summed E-state index contributed by atoms with van der Waals surface area (Å²) in [6, 6.07) is 23.2. The molecule has 0 aliphatic carbocycles. The SMILES string of the molecule is C.Cn1cnc(S(=O)(=O)N2CC(C(=O)Nc3ccc(Cl)c(F)c3)Cc3ccccc32)c1.O=C(Nc1ccc(Cl)c(F)c1)C1CNc2ccccc2C1. The molecule has 0 spiro atoms. The number of nitrogens with zero attached hydrogens (tertiary/aromatic N) is 3. The van der Waals surface area contributed by atoms with E-state index in [-0.39, 0.29) is 46.6 Å². The van der Waals surface area contributed by atoms with Crippen molar-refractivity contribution in [3.8, 4) is 0 Å². The number of amides is 2. The maximum atomic E-state index is 13.7. The molecule has 7 rings (SSSR count). The van der Waals surface area contributed by atoms with Crippen molar-refractivity contribution in [3.05, 3.63) is 130 Å². The minimum absolute atomic E-state index is 0. The van der Waals surface area contributed by atoms with Gasteiger partial charge in [-0.05, 0) is 72.5 Å². The summed E-state index contributed by atoms with van der Waals surface area (Å²) in [4.78, 5) is 29.1. The molecule has 0 radical (unpaired) electrons. The van der Waals surface area contributed by atoms with E-state index in [0.717, 1.165) is 22.9 Å². The Balaban J connectivity index is 0.000000209. The summed E-state index contributed by atoms with van der Waals surface area (Å²) in [7, 11) is -2.28. The van der Waals surface area contributed by atoms with Crippen molar-refractivity contribution in [1.82, 2.24) is 9.55 Å². The lowest BCUT2D eigenvalue weighted by Crippen LogP contribution is -2.44. The highest BCUT2D eigenvalue weighted by atomic mass is 35.5. The van der Waals surface area contributed by atoms with Crippen LogP contribution >= 0.6 is 23.2 Å². The molecule has 0 saturated heterocycles. The highest BCUT2D eigenvalue weighted by molar-refractivity contribution is 7.92. The van der Waals surface area contributed by atoms with E-state index < -0.39 is 33.5 Å². The number of halogens is 4. The van der Waals surface area contributed by atoms with E-state index in [4.69, 9.17) is 23.2 Å². The number of sulfonamides is 1. The number of rotatable bonds is 6. The number of hydrogen-bond acceptors (Lipinski definition) is 6. The summed E-state index contributed by atoms with van der Waals surface area (Å²) >= 11 is 11.3. The number of imidazole rings is 1. The van der Waals surface area contributed by atoms with Crippen molar-refractivity contribution in [2.75, 3.05) is 33.3 Å². The van der Waals surface area contributed by atoms with Crippen molar-refractivity contribution >= 4 is 67.8 Å². The molecule has 2 aliphatic heterocycles. The highest BCUT2D eigenvalue weighted by Gasteiger charge is 2.37. The third kappa shape index (κ3) is 8.55. The number of nitrogens with one attached hydrogen (secondary N) is 3. The van der Waals surface area contributed by atoms with Crippen LogP contribution in [0.15, 0.2) is 102 Å². The summed E-state index contributed by atoms with van der Waals surface area (Å²) in [6.07, 6.45) is 3.84. The number of carbonyl (C=O) groups excluding carboxylic acids is 2. The first-order valence-corrected chi connectivity index (χ1v) is 18.0. The molecular formula is C37H36Cl2F2N6O4S. The van der Waals surface area contributed by atoms with Gasteiger partial charge in [0.1, 0.15) is 11.6 Å². The first-order valence-electron chi connectivity index (χ1n) is 15.8. The number of fused-ring (bicyclic) bond motifs is 2. The second-order valence-electron chi connectivity index (χ2n) is 12.1. The number of para-hydroxylation sites is 2. The third-order valence-corrected chi connectivity index (χ3v) is 10.8. The Labute approximate surface area is 310 Å². The van der Waals surface area contributed by atoms with Gasteiger partial charge in [-0.15, -0.1) is 0 Å². The normalized spacial score (nSPS) is 16.1. The van der Waals surface area contributed by atoms with Gasteiger partial charge in [-0.3, -0.25) is 13.9 Å². The first kappa shape index (κ1) is 38.3. The molecule has 3 N–H and O–H groups in total. The molecule has 2 atom stereocenters. The van der Waals surface area contributed by atoms with E-state index in [9.17, 15) is 26.8 Å². The molecule has 0 fully saturated rings. The average Bonchev–Trinajstić information content (AvgIpc) is 3.58. The molecule has 5 aromatic rings. The predicted octanol–water partition coefficient (Wildman–Crippen LogP) is 7.56. The molecule has 10 nitrogen and oxygen atoms in total. The van der Waals surface area contributed by atoms with Crippen LogP contribution in [0.25, 0.3) is 0 Å². The molecule has 1 aromatic heterocycles. The van der Waals surface area contributed by atoms with Gasteiger partial charge in [-0.25, -0.2) is 13.8 Å². The maximum Gasteiger partial charge on any atom is 0.283 e. The van der Waals surface area contributed by atoms with E-state index >= 15 is 0 Å². The molecule has 2 amide bonds.